The molecule has 6 heteroatoms. The Hall–Kier alpha value is -2.47. The van der Waals surface area contributed by atoms with Gasteiger partial charge >= 0.3 is 0 Å². The quantitative estimate of drug-likeness (QED) is 0.933. The Bertz CT molecular complexity index is 690. The molecule has 1 aliphatic rings. The van der Waals surface area contributed by atoms with Crippen LogP contribution in [0.25, 0.3) is 0 Å². The van der Waals surface area contributed by atoms with Gasteiger partial charge in [-0.3, -0.25) is 9.78 Å². The van der Waals surface area contributed by atoms with Gasteiger partial charge in [0.25, 0.3) is 5.91 Å². The second kappa shape index (κ2) is 7.40. The molecule has 2 aromatic rings. The highest BCUT2D eigenvalue weighted by molar-refractivity contribution is 5.94. The molecule has 2 atom stereocenters. The molecule has 0 aliphatic carbocycles. The topological polar surface area (TPSA) is 81.3 Å². The van der Waals surface area contributed by atoms with Gasteiger partial charge < -0.3 is 15.4 Å². The SMILES string of the molecule is C[C@@H](N)[C@H]1CCCN(C(=O)c2cccc(Oc3cnccn3)c2)C1. The number of likely N-dealkylation sites (tertiary alicyclic amines) is 1. The second-order valence-electron chi connectivity index (χ2n) is 6.19. The van der Waals surface area contributed by atoms with Crippen molar-refractivity contribution in [1.82, 2.24) is 14.9 Å². The molecule has 3 rings (SSSR count). The van der Waals surface area contributed by atoms with Crippen LogP contribution >= 0.6 is 0 Å². The molecule has 1 aliphatic heterocycles. The van der Waals surface area contributed by atoms with Crippen molar-refractivity contribution in [2.45, 2.75) is 25.8 Å². The minimum Gasteiger partial charge on any atom is -0.437 e. The van der Waals surface area contributed by atoms with E-state index < -0.39 is 0 Å². The molecular formula is C18H22N4O2. The van der Waals surface area contributed by atoms with Gasteiger partial charge in [0.05, 0.1) is 6.20 Å². The zero-order chi connectivity index (χ0) is 16.9. The van der Waals surface area contributed by atoms with E-state index in [0.29, 0.717) is 29.7 Å². The van der Waals surface area contributed by atoms with E-state index in [9.17, 15) is 4.79 Å². The number of nitrogens with zero attached hydrogens (tertiary/aromatic N) is 3. The summed E-state index contributed by atoms with van der Waals surface area (Å²) in [6.07, 6.45) is 6.75. The Morgan fingerprint density at radius 2 is 2.29 bits per heavy atom. The van der Waals surface area contributed by atoms with Crippen LogP contribution in [0.3, 0.4) is 0 Å². The lowest BCUT2D eigenvalue weighted by molar-refractivity contribution is 0.0660. The molecule has 1 aromatic carbocycles. The van der Waals surface area contributed by atoms with Crippen molar-refractivity contribution in [3.8, 4) is 11.6 Å². The van der Waals surface area contributed by atoms with E-state index >= 15 is 0 Å². The first-order valence-electron chi connectivity index (χ1n) is 8.22. The van der Waals surface area contributed by atoms with Gasteiger partial charge in [-0.25, -0.2) is 4.98 Å². The van der Waals surface area contributed by atoms with Crippen LogP contribution in [0.4, 0.5) is 0 Å². The molecule has 0 spiro atoms. The van der Waals surface area contributed by atoms with E-state index in [1.165, 1.54) is 6.20 Å². The number of piperidine rings is 1. The summed E-state index contributed by atoms with van der Waals surface area (Å²) in [5, 5.41) is 0. The lowest BCUT2D eigenvalue weighted by atomic mass is 9.92. The van der Waals surface area contributed by atoms with Gasteiger partial charge in [0, 0.05) is 37.1 Å². The molecule has 0 unspecified atom stereocenters. The van der Waals surface area contributed by atoms with Gasteiger partial charge in [0.1, 0.15) is 5.75 Å². The van der Waals surface area contributed by atoms with Crippen LogP contribution in [0.5, 0.6) is 11.6 Å². The number of carbonyl (C=O) groups excluding carboxylic acids is 1. The first-order chi connectivity index (χ1) is 11.6. The summed E-state index contributed by atoms with van der Waals surface area (Å²) < 4.78 is 5.65. The first-order valence-corrected chi connectivity index (χ1v) is 8.22. The Morgan fingerprint density at radius 3 is 3.04 bits per heavy atom. The van der Waals surface area contributed by atoms with Crippen molar-refractivity contribution in [3.05, 3.63) is 48.4 Å². The molecule has 1 amide bonds. The maximum atomic E-state index is 12.8. The van der Waals surface area contributed by atoms with Crippen LogP contribution in [0.15, 0.2) is 42.9 Å². The molecule has 2 heterocycles. The Labute approximate surface area is 141 Å². The highest BCUT2D eigenvalue weighted by atomic mass is 16.5. The average molecular weight is 326 g/mol. The number of amides is 1. The lowest BCUT2D eigenvalue weighted by Gasteiger charge is -2.34. The number of hydrogen-bond donors (Lipinski definition) is 1. The van der Waals surface area contributed by atoms with E-state index in [4.69, 9.17) is 10.5 Å². The molecule has 0 radical (unpaired) electrons. The third-order valence-electron chi connectivity index (χ3n) is 4.33. The Balaban J connectivity index is 1.72. The molecule has 2 N–H and O–H groups in total. The van der Waals surface area contributed by atoms with Crippen LogP contribution in [0.2, 0.25) is 0 Å². The number of aromatic nitrogens is 2. The molecule has 1 fully saturated rings. The zero-order valence-electron chi connectivity index (χ0n) is 13.8. The summed E-state index contributed by atoms with van der Waals surface area (Å²) in [5.41, 5.74) is 6.62. The fourth-order valence-corrected chi connectivity index (χ4v) is 2.96. The summed E-state index contributed by atoms with van der Waals surface area (Å²) in [6, 6.07) is 7.26. The van der Waals surface area contributed by atoms with E-state index in [2.05, 4.69) is 9.97 Å². The number of nitrogens with two attached hydrogens (primary N) is 1. The van der Waals surface area contributed by atoms with Crippen molar-refractivity contribution in [2.24, 2.45) is 11.7 Å². The molecule has 24 heavy (non-hydrogen) atoms. The predicted molar refractivity (Wildman–Crippen MR) is 90.8 cm³/mol. The van der Waals surface area contributed by atoms with Crippen LogP contribution in [-0.4, -0.2) is 39.9 Å². The summed E-state index contributed by atoms with van der Waals surface area (Å²) in [5.74, 6) is 1.35. The third kappa shape index (κ3) is 3.89. The smallest absolute Gasteiger partial charge is 0.253 e. The predicted octanol–water partition coefficient (Wildman–Crippen LogP) is 2.47. The van der Waals surface area contributed by atoms with E-state index in [1.54, 1.807) is 30.6 Å². The zero-order valence-corrected chi connectivity index (χ0v) is 13.8. The number of hydrogen-bond acceptors (Lipinski definition) is 5. The Morgan fingerprint density at radius 1 is 1.42 bits per heavy atom. The summed E-state index contributed by atoms with van der Waals surface area (Å²) >= 11 is 0. The van der Waals surface area contributed by atoms with Crippen LogP contribution in [-0.2, 0) is 0 Å². The van der Waals surface area contributed by atoms with Crippen molar-refractivity contribution in [1.29, 1.82) is 0 Å². The highest BCUT2D eigenvalue weighted by Crippen LogP contribution is 2.23. The molecule has 0 bridgehead atoms. The molecule has 0 saturated carbocycles. The molecule has 1 aromatic heterocycles. The second-order valence-corrected chi connectivity index (χ2v) is 6.19. The minimum atomic E-state index is 0.0185. The van der Waals surface area contributed by atoms with Gasteiger partial charge in [-0.2, -0.15) is 0 Å². The lowest BCUT2D eigenvalue weighted by Crippen LogP contribution is -2.45. The summed E-state index contributed by atoms with van der Waals surface area (Å²) in [7, 11) is 0. The van der Waals surface area contributed by atoms with E-state index in [0.717, 1.165) is 19.4 Å². The molecular weight excluding hydrogens is 304 g/mol. The highest BCUT2D eigenvalue weighted by Gasteiger charge is 2.26. The van der Waals surface area contributed by atoms with Gasteiger partial charge in [0.15, 0.2) is 0 Å². The van der Waals surface area contributed by atoms with Crippen molar-refractivity contribution >= 4 is 5.91 Å². The van der Waals surface area contributed by atoms with Gasteiger partial charge in [0.2, 0.25) is 5.88 Å². The largest absolute Gasteiger partial charge is 0.437 e. The fraction of sp³-hybridized carbons (Fsp3) is 0.389. The maximum absolute atomic E-state index is 12.8. The number of benzene rings is 1. The van der Waals surface area contributed by atoms with Gasteiger partial charge in [-0.1, -0.05) is 6.07 Å². The Kier molecular flexibility index (Phi) is 5.05. The number of carbonyl (C=O) groups is 1. The van der Waals surface area contributed by atoms with Gasteiger partial charge in [-0.05, 0) is 43.9 Å². The summed E-state index contributed by atoms with van der Waals surface area (Å²) in [4.78, 5) is 22.7. The van der Waals surface area contributed by atoms with Crippen LogP contribution in [0, 0.1) is 5.92 Å². The van der Waals surface area contributed by atoms with Gasteiger partial charge in [-0.15, -0.1) is 0 Å². The first kappa shape index (κ1) is 16.4. The number of rotatable bonds is 4. The molecule has 1 saturated heterocycles. The van der Waals surface area contributed by atoms with E-state index in [-0.39, 0.29) is 11.9 Å². The van der Waals surface area contributed by atoms with Crippen molar-refractivity contribution in [2.75, 3.05) is 13.1 Å². The standard InChI is InChI=1S/C18H22N4O2/c1-13(19)15-5-3-9-22(12-15)18(23)14-4-2-6-16(10-14)24-17-11-20-7-8-21-17/h2,4,6-8,10-11,13,15H,3,5,9,12,19H2,1H3/t13-,15+/m1/s1. The monoisotopic (exact) mass is 326 g/mol. The van der Waals surface area contributed by atoms with Crippen molar-refractivity contribution < 1.29 is 9.53 Å². The third-order valence-corrected chi connectivity index (χ3v) is 4.33. The van der Waals surface area contributed by atoms with Crippen LogP contribution < -0.4 is 10.5 Å². The average Bonchev–Trinajstić information content (AvgIpc) is 2.62. The number of ether oxygens (including phenoxy) is 1. The minimum absolute atomic E-state index is 0.0185. The maximum Gasteiger partial charge on any atom is 0.253 e. The summed E-state index contributed by atoms with van der Waals surface area (Å²) in [6.45, 7) is 3.50. The molecule has 6 nitrogen and oxygen atoms in total. The van der Waals surface area contributed by atoms with Crippen molar-refractivity contribution in [3.63, 3.8) is 0 Å². The van der Waals surface area contributed by atoms with E-state index in [1.807, 2.05) is 17.9 Å². The molecule has 126 valence electrons. The fourth-order valence-electron chi connectivity index (χ4n) is 2.96. The van der Waals surface area contributed by atoms with Crippen LogP contribution in [0.1, 0.15) is 30.1 Å². The normalized spacial score (nSPS) is 18.9.